The maximum atomic E-state index is 10.2. The first-order chi connectivity index (χ1) is 12.2. The van der Waals surface area contributed by atoms with Crippen LogP contribution in [0.15, 0.2) is 54.6 Å². The lowest BCUT2D eigenvalue weighted by atomic mass is 10.2. The fraction of sp³-hybridized carbons (Fsp3) is 0.400. The number of ether oxygens (including phenoxy) is 1. The molecule has 5 heteroatoms. The van der Waals surface area contributed by atoms with Gasteiger partial charge >= 0.3 is 0 Å². The number of halogens is 1. The lowest BCUT2D eigenvalue weighted by Crippen LogP contribution is -2.48. The first-order valence-corrected chi connectivity index (χ1v) is 9.12. The number of para-hydroxylation sites is 1. The van der Waals surface area contributed by atoms with E-state index in [-0.39, 0.29) is 0 Å². The zero-order chi connectivity index (χ0) is 17.5. The Kier molecular flexibility index (Phi) is 6.70. The molecule has 134 valence electrons. The number of nitrogens with zero attached hydrogens (tertiary/aromatic N) is 2. The summed E-state index contributed by atoms with van der Waals surface area (Å²) in [5, 5.41) is 11.0. The zero-order valence-electron chi connectivity index (χ0n) is 14.4. The molecule has 3 rings (SSSR count). The molecular weight excluding hydrogens is 336 g/mol. The summed E-state index contributed by atoms with van der Waals surface area (Å²) in [5.74, 6) is 0.800. The van der Waals surface area contributed by atoms with Crippen LogP contribution in [0.3, 0.4) is 0 Å². The number of benzene rings is 2. The SMILES string of the molecule is OC(COc1ccccc1)CN1CCN(Cc2ccc(Cl)cc2)CC1. The molecule has 25 heavy (non-hydrogen) atoms. The normalized spacial score (nSPS) is 17.4. The van der Waals surface area contributed by atoms with Crippen molar-refractivity contribution in [1.29, 1.82) is 0 Å². The van der Waals surface area contributed by atoms with Crippen LogP contribution in [-0.2, 0) is 6.54 Å². The number of β-amino-alcohol motifs (C(OH)–C–C–N with tert-alkyl or cyclic N) is 1. The molecule has 2 aromatic rings. The third kappa shape index (κ3) is 6.01. The average Bonchev–Trinajstić information content (AvgIpc) is 2.64. The van der Waals surface area contributed by atoms with E-state index in [0.29, 0.717) is 13.2 Å². The third-order valence-electron chi connectivity index (χ3n) is 4.44. The molecule has 1 heterocycles. The fourth-order valence-corrected chi connectivity index (χ4v) is 3.16. The second-order valence-corrected chi connectivity index (χ2v) is 6.92. The molecule has 1 unspecified atom stereocenters. The van der Waals surface area contributed by atoms with Gasteiger partial charge in [-0.2, -0.15) is 0 Å². The van der Waals surface area contributed by atoms with Gasteiger partial charge in [-0.1, -0.05) is 41.9 Å². The summed E-state index contributed by atoms with van der Waals surface area (Å²) in [6, 6.07) is 17.7. The van der Waals surface area contributed by atoms with Crippen LogP contribution in [0, 0.1) is 0 Å². The van der Waals surface area contributed by atoms with Crippen LogP contribution in [0.25, 0.3) is 0 Å². The predicted molar refractivity (Wildman–Crippen MR) is 101 cm³/mol. The van der Waals surface area contributed by atoms with Gasteiger partial charge in [-0.15, -0.1) is 0 Å². The van der Waals surface area contributed by atoms with Crippen molar-refractivity contribution in [2.24, 2.45) is 0 Å². The summed E-state index contributed by atoms with van der Waals surface area (Å²) >= 11 is 5.93. The van der Waals surface area contributed by atoms with Crippen LogP contribution in [0.4, 0.5) is 0 Å². The van der Waals surface area contributed by atoms with E-state index in [9.17, 15) is 5.11 Å². The topological polar surface area (TPSA) is 35.9 Å². The molecule has 0 spiro atoms. The first-order valence-electron chi connectivity index (χ1n) is 8.74. The van der Waals surface area contributed by atoms with E-state index in [1.807, 2.05) is 42.5 Å². The van der Waals surface area contributed by atoms with Gasteiger partial charge in [0.1, 0.15) is 18.5 Å². The van der Waals surface area contributed by atoms with Crippen molar-refractivity contribution >= 4 is 11.6 Å². The molecule has 4 nitrogen and oxygen atoms in total. The smallest absolute Gasteiger partial charge is 0.119 e. The lowest BCUT2D eigenvalue weighted by molar-refractivity contribution is 0.0446. The maximum absolute atomic E-state index is 10.2. The standard InChI is InChI=1S/C20H25ClN2O2/c21-18-8-6-17(7-9-18)14-22-10-12-23(13-11-22)15-19(24)16-25-20-4-2-1-3-5-20/h1-9,19,24H,10-16H2. The number of aliphatic hydroxyl groups excluding tert-OH is 1. The molecule has 0 bridgehead atoms. The molecular formula is C20H25ClN2O2. The van der Waals surface area contributed by atoms with Crippen molar-refractivity contribution in [1.82, 2.24) is 9.80 Å². The molecule has 1 fully saturated rings. The highest BCUT2D eigenvalue weighted by atomic mass is 35.5. The number of hydrogen-bond donors (Lipinski definition) is 1. The fourth-order valence-electron chi connectivity index (χ4n) is 3.04. The van der Waals surface area contributed by atoms with Crippen molar-refractivity contribution in [3.05, 3.63) is 65.2 Å². The molecule has 1 saturated heterocycles. The van der Waals surface area contributed by atoms with Crippen molar-refractivity contribution in [2.75, 3.05) is 39.3 Å². The highest BCUT2D eigenvalue weighted by Crippen LogP contribution is 2.13. The minimum Gasteiger partial charge on any atom is -0.491 e. The summed E-state index contributed by atoms with van der Waals surface area (Å²) in [5.41, 5.74) is 1.29. The Morgan fingerprint density at radius 2 is 1.56 bits per heavy atom. The van der Waals surface area contributed by atoms with E-state index in [1.54, 1.807) is 0 Å². The van der Waals surface area contributed by atoms with E-state index in [1.165, 1.54) is 5.56 Å². The Bertz CT molecular complexity index is 628. The summed E-state index contributed by atoms with van der Waals surface area (Å²) in [4.78, 5) is 4.74. The number of piperazine rings is 1. The molecule has 1 aliphatic heterocycles. The minimum atomic E-state index is -0.469. The van der Waals surface area contributed by atoms with Crippen LogP contribution >= 0.6 is 11.6 Å². The zero-order valence-corrected chi connectivity index (χ0v) is 15.1. The van der Waals surface area contributed by atoms with Gasteiger partial charge in [-0.05, 0) is 29.8 Å². The van der Waals surface area contributed by atoms with Crippen LogP contribution in [0.2, 0.25) is 5.02 Å². The van der Waals surface area contributed by atoms with Crippen LogP contribution in [0.5, 0.6) is 5.75 Å². The molecule has 2 aromatic carbocycles. The van der Waals surface area contributed by atoms with Gasteiger partial charge < -0.3 is 9.84 Å². The Morgan fingerprint density at radius 3 is 2.24 bits per heavy atom. The molecule has 1 N–H and O–H groups in total. The van der Waals surface area contributed by atoms with E-state index in [2.05, 4.69) is 21.9 Å². The predicted octanol–water partition coefficient (Wildman–Crippen LogP) is 2.90. The second-order valence-electron chi connectivity index (χ2n) is 6.48. The average molecular weight is 361 g/mol. The Labute approximate surface area is 154 Å². The Morgan fingerprint density at radius 1 is 0.920 bits per heavy atom. The largest absolute Gasteiger partial charge is 0.491 e. The summed E-state index contributed by atoms with van der Waals surface area (Å²) in [6.45, 7) is 5.89. The summed E-state index contributed by atoms with van der Waals surface area (Å²) in [6.07, 6.45) is -0.469. The Hall–Kier alpha value is -1.59. The number of aliphatic hydroxyl groups is 1. The first kappa shape index (κ1) is 18.2. The van der Waals surface area contributed by atoms with Crippen molar-refractivity contribution in [3.63, 3.8) is 0 Å². The van der Waals surface area contributed by atoms with Gasteiger partial charge in [0.05, 0.1) is 0 Å². The highest BCUT2D eigenvalue weighted by Gasteiger charge is 2.19. The van der Waals surface area contributed by atoms with Crippen molar-refractivity contribution in [2.45, 2.75) is 12.6 Å². The summed E-state index contributed by atoms with van der Waals surface area (Å²) in [7, 11) is 0. The molecule has 0 aliphatic carbocycles. The quantitative estimate of drug-likeness (QED) is 0.823. The van der Waals surface area contributed by atoms with Crippen LogP contribution in [0.1, 0.15) is 5.56 Å². The molecule has 0 amide bonds. The molecule has 1 aliphatic rings. The van der Waals surface area contributed by atoms with Crippen molar-refractivity contribution in [3.8, 4) is 5.75 Å². The van der Waals surface area contributed by atoms with E-state index >= 15 is 0 Å². The molecule has 0 aromatic heterocycles. The van der Waals surface area contributed by atoms with Crippen LogP contribution < -0.4 is 4.74 Å². The van der Waals surface area contributed by atoms with E-state index in [4.69, 9.17) is 16.3 Å². The summed E-state index contributed by atoms with van der Waals surface area (Å²) < 4.78 is 5.62. The third-order valence-corrected chi connectivity index (χ3v) is 4.69. The molecule has 1 atom stereocenters. The van der Waals surface area contributed by atoms with Crippen LogP contribution in [-0.4, -0.2) is 60.3 Å². The maximum Gasteiger partial charge on any atom is 0.119 e. The molecule has 0 saturated carbocycles. The highest BCUT2D eigenvalue weighted by molar-refractivity contribution is 6.30. The molecule has 0 radical (unpaired) electrons. The number of hydrogen-bond acceptors (Lipinski definition) is 4. The number of rotatable bonds is 7. The minimum absolute atomic E-state index is 0.328. The van der Waals surface area contributed by atoms with E-state index in [0.717, 1.165) is 43.5 Å². The van der Waals surface area contributed by atoms with Gasteiger partial charge in [0.15, 0.2) is 0 Å². The van der Waals surface area contributed by atoms with Gasteiger partial charge in [0.25, 0.3) is 0 Å². The van der Waals surface area contributed by atoms with Gasteiger partial charge in [0, 0.05) is 44.3 Å². The van der Waals surface area contributed by atoms with Gasteiger partial charge in [0.2, 0.25) is 0 Å². The van der Waals surface area contributed by atoms with Crippen molar-refractivity contribution < 1.29 is 9.84 Å². The van der Waals surface area contributed by atoms with Gasteiger partial charge in [-0.3, -0.25) is 9.80 Å². The Balaban J connectivity index is 1.36. The van der Waals surface area contributed by atoms with E-state index < -0.39 is 6.10 Å². The monoisotopic (exact) mass is 360 g/mol. The second kappa shape index (κ2) is 9.20. The lowest BCUT2D eigenvalue weighted by Gasteiger charge is -2.35. The van der Waals surface area contributed by atoms with Gasteiger partial charge in [-0.25, -0.2) is 0 Å².